The van der Waals surface area contributed by atoms with Crippen molar-refractivity contribution in [2.24, 2.45) is 0 Å². The van der Waals surface area contributed by atoms with Gasteiger partial charge in [0.1, 0.15) is 0 Å². The van der Waals surface area contributed by atoms with E-state index in [2.05, 4.69) is 60.7 Å². The number of benzene rings is 4. The average Bonchev–Trinajstić information content (AvgIpc) is 2.69. The van der Waals surface area contributed by atoms with Crippen LogP contribution in [0.1, 0.15) is 0 Å². The Hall–Kier alpha value is -3.17. The maximum Gasteiger partial charge on any atom is 0.0320 e. The summed E-state index contributed by atoms with van der Waals surface area (Å²) < 4.78 is 0. The predicted octanol–water partition coefficient (Wildman–Crippen LogP) is 6.34. The van der Waals surface area contributed by atoms with E-state index in [-0.39, 0.29) is 0 Å². The van der Waals surface area contributed by atoms with Gasteiger partial charge in [-0.15, -0.1) is 0 Å². The Morgan fingerprint density at radius 2 is 0.926 bits per heavy atom. The highest BCUT2D eigenvalue weighted by Gasteiger charge is 2.11. The second-order valence-corrected chi connectivity index (χ2v) is 7.43. The van der Waals surface area contributed by atoms with E-state index in [0.717, 1.165) is 22.5 Å². The Bertz CT molecular complexity index is 1000. The Morgan fingerprint density at radius 3 is 1.37 bits per heavy atom. The molecule has 0 aliphatic carbocycles. The van der Waals surface area contributed by atoms with Crippen LogP contribution >= 0.6 is 11.8 Å². The minimum Gasteiger partial charge on any atom is -0.399 e. The van der Waals surface area contributed by atoms with Crippen molar-refractivity contribution in [3.63, 3.8) is 0 Å². The SMILES string of the molecule is Nc1cccc(-c2ccccc2Sc2ccccc2-c2cccc(N)c2)c1. The molecule has 27 heavy (non-hydrogen) atoms. The summed E-state index contributed by atoms with van der Waals surface area (Å²) >= 11 is 1.76. The van der Waals surface area contributed by atoms with Crippen LogP contribution in [0.5, 0.6) is 0 Å². The summed E-state index contributed by atoms with van der Waals surface area (Å²) in [5.74, 6) is 0. The normalized spacial score (nSPS) is 10.7. The van der Waals surface area contributed by atoms with Crippen LogP contribution in [0.4, 0.5) is 11.4 Å². The van der Waals surface area contributed by atoms with Crippen LogP contribution in [-0.4, -0.2) is 0 Å². The third kappa shape index (κ3) is 3.83. The molecule has 4 rings (SSSR count). The van der Waals surface area contributed by atoms with Crippen molar-refractivity contribution in [1.29, 1.82) is 0 Å². The van der Waals surface area contributed by atoms with Gasteiger partial charge in [0, 0.05) is 21.2 Å². The minimum absolute atomic E-state index is 0.771. The summed E-state index contributed by atoms with van der Waals surface area (Å²) in [4.78, 5) is 2.39. The van der Waals surface area contributed by atoms with Crippen LogP contribution < -0.4 is 11.5 Å². The zero-order valence-corrected chi connectivity index (χ0v) is 15.6. The van der Waals surface area contributed by atoms with Crippen molar-refractivity contribution in [3.8, 4) is 22.3 Å². The molecule has 4 N–H and O–H groups in total. The first-order valence-corrected chi connectivity index (χ1v) is 9.60. The molecule has 0 aromatic heterocycles. The number of hydrogen-bond donors (Lipinski definition) is 2. The molecule has 0 atom stereocenters. The van der Waals surface area contributed by atoms with Crippen molar-refractivity contribution in [3.05, 3.63) is 97.1 Å². The third-order valence-corrected chi connectivity index (χ3v) is 5.54. The summed E-state index contributed by atoms with van der Waals surface area (Å²) in [6.45, 7) is 0. The van der Waals surface area contributed by atoms with E-state index in [0.29, 0.717) is 0 Å². The van der Waals surface area contributed by atoms with Gasteiger partial charge in [0.2, 0.25) is 0 Å². The van der Waals surface area contributed by atoms with Gasteiger partial charge in [-0.2, -0.15) is 0 Å². The van der Waals surface area contributed by atoms with E-state index >= 15 is 0 Å². The second-order valence-electron chi connectivity index (χ2n) is 6.35. The number of anilines is 2. The van der Waals surface area contributed by atoms with Crippen molar-refractivity contribution >= 4 is 23.1 Å². The topological polar surface area (TPSA) is 52.0 Å². The second kappa shape index (κ2) is 7.60. The summed E-state index contributed by atoms with van der Waals surface area (Å²) in [5, 5.41) is 0. The van der Waals surface area contributed by atoms with E-state index < -0.39 is 0 Å². The standard InChI is InChI=1S/C24H20N2S/c25-19-9-5-7-17(15-19)21-11-1-3-13-23(21)27-24-14-4-2-12-22(24)18-8-6-10-20(26)16-18/h1-16H,25-26H2. The van der Waals surface area contributed by atoms with Crippen molar-refractivity contribution in [1.82, 2.24) is 0 Å². The number of nitrogens with two attached hydrogens (primary N) is 2. The van der Waals surface area contributed by atoms with Gasteiger partial charge in [0.25, 0.3) is 0 Å². The van der Waals surface area contributed by atoms with Gasteiger partial charge in [0.05, 0.1) is 0 Å². The first-order chi connectivity index (χ1) is 13.2. The van der Waals surface area contributed by atoms with Crippen LogP contribution in [-0.2, 0) is 0 Å². The van der Waals surface area contributed by atoms with Gasteiger partial charge in [-0.1, -0.05) is 72.4 Å². The average molecular weight is 369 g/mol. The lowest BCUT2D eigenvalue weighted by Crippen LogP contribution is -1.89. The molecule has 0 aliphatic heterocycles. The Morgan fingerprint density at radius 1 is 0.481 bits per heavy atom. The van der Waals surface area contributed by atoms with E-state index in [1.165, 1.54) is 20.9 Å². The number of hydrogen-bond acceptors (Lipinski definition) is 3. The summed E-state index contributed by atoms with van der Waals surface area (Å²) in [7, 11) is 0. The molecular weight excluding hydrogens is 348 g/mol. The van der Waals surface area contributed by atoms with E-state index in [9.17, 15) is 0 Å². The molecule has 4 aromatic carbocycles. The highest BCUT2D eigenvalue weighted by Crippen LogP contribution is 2.40. The monoisotopic (exact) mass is 368 g/mol. The van der Waals surface area contributed by atoms with Crippen molar-refractivity contribution in [2.75, 3.05) is 11.5 Å². The number of nitrogen functional groups attached to an aromatic ring is 2. The van der Waals surface area contributed by atoms with Crippen molar-refractivity contribution < 1.29 is 0 Å². The Kier molecular flexibility index (Phi) is 4.86. The van der Waals surface area contributed by atoms with Gasteiger partial charge >= 0.3 is 0 Å². The molecule has 0 saturated carbocycles. The van der Waals surface area contributed by atoms with Gasteiger partial charge < -0.3 is 11.5 Å². The molecule has 0 heterocycles. The highest BCUT2D eigenvalue weighted by molar-refractivity contribution is 7.99. The molecule has 0 aliphatic rings. The van der Waals surface area contributed by atoms with E-state index in [4.69, 9.17) is 11.5 Å². The first kappa shape index (κ1) is 17.3. The fraction of sp³-hybridized carbons (Fsp3) is 0. The molecule has 132 valence electrons. The van der Waals surface area contributed by atoms with Crippen molar-refractivity contribution in [2.45, 2.75) is 9.79 Å². The van der Waals surface area contributed by atoms with Crippen LogP contribution in [0.3, 0.4) is 0 Å². The highest BCUT2D eigenvalue weighted by atomic mass is 32.2. The maximum atomic E-state index is 5.99. The fourth-order valence-electron chi connectivity index (χ4n) is 3.12. The van der Waals surface area contributed by atoms with Gasteiger partial charge in [0.15, 0.2) is 0 Å². The smallest absolute Gasteiger partial charge is 0.0320 e. The Balaban J connectivity index is 1.77. The molecule has 0 spiro atoms. The largest absolute Gasteiger partial charge is 0.399 e. The summed E-state index contributed by atoms with van der Waals surface area (Å²) in [6, 6.07) is 32.9. The Labute approximate surface area is 163 Å². The number of rotatable bonds is 4. The maximum absolute atomic E-state index is 5.99. The zero-order valence-electron chi connectivity index (χ0n) is 14.8. The summed E-state index contributed by atoms with van der Waals surface area (Å²) in [5.41, 5.74) is 18.1. The van der Waals surface area contributed by atoms with Crippen LogP contribution in [0.15, 0.2) is 107 Å². The zero-order chi connectivity index (χ0) is 18.6. The molecule has 0 unspecified atom stereocenters. The molecule has 0 fully saturated rings. The van der Waals surface area contributed by atoms with Gasteiger partial charge in [-0.05, 0) is 58.7 Å². The first-order valence-electron chi connectivity index (χ1n) is 8.78. The predicted molar refractivity (Wildman–Crippen MR) is 117 cm³/mol. The minimum atomic E-state index is 0.771. The van der Waals surface area contributed by atoms with Crippen LogP contribution in [0, 0.1) is 0 Å². The lowest BCUT2D eigenvalue weighted by molar-refractivity contribution is 1.39. The van der Waals surface area contributed by atoms with E-state index in [1.807, 2.05) is 36.4 Å². The lowest BCUT2D eigenvalue weighted by Gasteiger charge is -2.13. The molecule has 3 heteroatoms. The quantitative estimate of drug-likeness (QED) is 0.413. The molecule has 0 amide bonds. The van der Waals surface area contributed by atoms with Gasteiger partial charge in [-0.25, -0.2) is 0 Å². The molecule has 2 nitrogen and oxygen atoms in total. The van der Waals surface area contributed by atoms with Crippen LogP contribution in [0.25, 0.3) is 22.3 Å². The fourth-order valence-corrected chi connectivity index (χ4v) is 4.24. The summed E-state index contributed by atoms with van der Waals surface area (Å²) in [6.07, 6.45) is 0. The molecule has 4 aromatic rings. The molecule has 0 bridgehead atoms. The molecular formula is C24H20N2S. The van der Waals surface area contributed by atoms with E-state index in [1.54, 1.807) is 11.8 Å². The molecule has 0 radical (unpaired) electrons. The third-order valence-electron chi connectivity index (χ3n) is 4.39. The van der Waals surface area contributed by atoms with Gasteiger partial charge in [-0.3, -0.25) is 0 Å². The lowest BCUT2D eigenvalue weighted by atomic mass is 10.1. The molecule has 0 saturated heterocycles. The van der Waals surface area contributed by atoms with Crippen LogP contribution in [0.2, 0.25) is 0 Å².